The summed E-state index contributed by atoms with van der Waals surface area (Å²) in [5.41, 5.74) is 2.68. The Labute approximate surface area is 136 Å². The lowest BCUT2D eigenvalue weighted by atomic mass is 10.0. The van der Waals surface area contributed by atoms with Crippen LogP contribution in [-0.2, 0) is 6.54 Å². The van der Waals surface area contributed by atoms with Gasteiger partial charge in [0.25, 0.3) is 0 Å². The predicted molar refractivity (Wildman–Crippen MR) is 91.8 cm³/mol. The summed E-state index contributed by atoms with van der Waals surface area (Å²) in [7, 11) is 0. The quantitative estimate of drug-likeness (QED) is 0.888. The molecule has 0 bridgehead atoms. The average molecular weight is 310 g/mol. The van der Waals surface area contributed by atoms with Crippen molar-refractivity contribution in [3.8, 4) is 0 Å². The summed E-state index contributed by atoms with van der Waals surface area (Å²) in [5, 5.41) is 12.6. The van der Waals surface area contributed by atoms with Crippen LogP contribution in [0.25, 0.3) is 0 Å². The minimum Gasteiger partial charge on any atom is -0.478 e. The second-order valence-corrected chi connectivity index (χ2v) is 6.09. The van der Waals surface area contributed by atoms with Gasteiger partial charge in [-0.1, -0.05) is 30.3 Å². The molecule has 0 spiro atoms. The number of hydrogen-bond acceptors (Lipinski definition) is 3. The van der Waals surface area contributed by atoms with Gasteiger partial charge in [0.2, 0.25) is 0 Å². The molecule has 120 valence electrons. The van der Waals surface area contributed by atoms with Crippen molar-refractivity contribution < 1.29 is 9.90 Å². The van der Waals surface area contributed by atoms with Crippen molar-refractivity contribution in [1.82, 2.24) is 4.90 Å². The molecule has 1 atom stereocenters. The summed E-state index contributed by atoms with van der Waals surface area (Å²) >= 11 is 0. The number of para-hydroxylation sites is 1. The first-order valence-corrected chi connectivity index (χ1v) is 8.07. The average Bonchev–Trinajstić information content (AvgIpc) is 2.57. The molecule has 2 aromatic rings. The van der Waals surface area contributed by atoms with Crippen molar-refractivity contribution in [2.75, 3.05) is 18.4 Å². The van der Waals surface area contributed by atoms with E-state index in [0.29, 0.717) is 11.6 Å². The fourth-order valence-corrected chi connectivity index (χ4v) is 3.10. The third-order valence-electron chi connectivity index (χ3n) is 4.26. The maximum Gasteiger partial charge on any atom is 0.335 e. The van der Waals surface area contributed by atoms with Crippen molar-refractivity contribution in [1.29, 1.82) is 0 Å². The second kappa shape index (κ2) is 7.29. The number of anilines is 1. The van der Waals surface area contributed by atoms with E-state index in [0.717, 1.165) is 25.2 Å². The predicted octanol–water partition coefficient (Wildman–Crippen LogP) is 3.46. The minimum atomic E-state index is -0.873. The lowest BCUT2D eigenvalue weighted by Crippen LogP contribution is -2.41. The zero-order valence-corrected chi connectivity index (χ0v) is 13.1. The zero-order valence-electron chi connectivity index (χ0n) is 13.1. The van der Waals surface area contributed by atoms with E-state index >= 15 is 0 Å². The number of carboxylic acid groups (broad SMARTS) is 1. The van der Waals surface area contributed by atoms with Crippen LogP contribution in [0.1, 0.15) is 28.8 Å². The normalized spacial score (nSPS) is 18.5. The maximum atomic E-state index is 10.9. The lowest BCUT2D eigenvalue weighted by molar-refractivity contribution is 0.0697. The Bertz CT molecular complexity index is 640. The van der Waals surface area contributed by atoms with Crippen LogP contribution >= 0.6 is 0 Å². The highest BCUT2D eigenvalue weighted by Crippen LogP contribution is 2.18. The molecule has 0 aliphatic carbocycles. The second-order valence-electron chi connectivity index (χ2n) is 6.09. The van der Waals surface area contributed by atoms with E-state index in [2.05, 4.69) is 22.3 Å². The van der Waals surface area contributed by atoms with Gasteiger partial charge in [-0.2, -0.15) is 0 Å². The van der Waals surface area contributed by atoms with E-state index in [1.165, 1.54) is 18.5 Å². The van der Waals surface area contributed by atoms with Crippen LogP contribution in [0.3, 0.4) is 0 Å². The SMILES string of the molecule is O=C(O)c1ccc(CN2CCCC(Nc3ccccc3)C2)cc1. The van der Waals surface area contributed by atoms with Gasteiger partial charge in [-0.3, -0.25) is 4.90 Å². The molecule has 0 saturated carbocycles. The Morgan fingerprint density at radius 1 is 1.13 bits per heavy atom. The van der Waals surface area contributed by atoms with Crippen LogP contribution in [0.15, 0.2) is 54.6 Å². The first-order chi connectivity index (χ1) is 11.2. The number of piperidine rings is 1. The molecule has 3 rings (SSSR count). The summed E-state index contributed by atoms with van der Waals surface area (Å²) in [6, 6.07) is 18.0. The molecule has 1 aliphatic rings. The Kier molecular flexibility index (Phi) is 4.93. The number of aromatic carboxylic acids is 1. The van der Waals surface area contributed by atoms with Crippen molar-refractivity contribution in [3.05, 3.63) is 65.7 Å². The van der Waals surface area contributed by atoms with E-state index in [1.807, 2.05) is 30.3 Å². The van der Waals surface area contributed by atoms with Gasteiger partial charge in [-0.25, -0.2) is 4.79 Å². The van der Waals surface area contributed by atoms with Gasteiger partial charge in [0, 0.05) is 24.8 Å². The van der Waals surface area contributed by atoms with Gasteiger partial charge in [0.05, 0.1) is 5.56 Å². The lowest BCUT2D eigenvalue weighted by Gasteiger charge is -2.33. The molecule has 4 heteroatoms. The number of rotatable bonds is 5. The monoisotopic (exact) mass is 310 g/mol. The number of carbonyl (C=O) groups is 1. The number of benzene rings is 2. The van der Waals surface area contributed by atoms with E-state index in [9.17, 15) is 4.79 Å². The molecule has 1 unspecified atom stereocenters. The molecule has 1 aliphatic heterocycles. The molecule has 1 fully saturated rings. The Hall–Kier alpha value is -2.33. The Morgan fingerprint density at radius 3 is 2.57 bits per heavy atom. The molecule has 1 heterocycles. The molecule has 4 nitrogen and oxygen atoms in total. The highest BCUT2D eigenvalue weighted by atomic mass is 16.4. The number of carboxylic acids is 1. The summed E-state index contributed by atoms with van der Waals surface area (Å²) in [5.74, 6) is -0.873. The zero-order chi connectivity index (χ0) is 16.1. The van der Waals surface area contributed by atoms with Crippen LogP contribution in [0.5, 0.6) is 0 Å². The standard InChI is InChI=1S/C19H22N2O2/c22-19(23)16-10-8-15(9-11-16)13-21-12-4-7-18(14-21)20-17-5-2-1-3-6-17/h1-3,5-6,8-11,18,20H,4,7,12-14H2,(H,22,23). The van der Waals surface area contributed by atoms with Gasteiger partial charge < -0.3 is 10.4 Å². The maximum absolute atomic E-state index is 10.9. The number of nitrogens with one attached hydrogen (secondary N) is 1. The number of likely N-dealkylation sites (tertiary alicyclic amines) is 1. The number of hydrogen-bond donors (Lipinski definition) is 2. The fraction of sp³-hybridized carbons (Fsp3) is 0.316. The van der Waals surface area contributed by atoms with Gasteiger partial charge in [-0.15, -0.1) is 0 Å². The van der Waals surface area contributed by atoms with Crippen LogP contribution in [0.4, 0.5) is 5.69 Å². The van der Waals surface area contributed by atoms with E-state index in [4.69, 9.17) is 5.11 Å². The summed E-state index contributed by atoms with van der Waals surface area (Å²) in [6.45, 7) is 2.97. The molecule has 2 N–H and O–H groups in total. The Morgan fingerprint density at radius 2 is 1.87 bits per heavy atom. The van der Waals surface area contributed by atoms with E-state index in [1.54, 1.807) is 12.1 Å². The van der Waals surface area contributed by atoms with Crippen LogP contribution in [0, 0.1) is 0 Å². The largest absolute Gasteiger partial charge is 0.478 e. The smallest absolute Gasteiger partial charge is 0.335 e. The number of nitrogens with zero attached hydrogens (tertiary/aromatic N) is 1. The van der Waals surface area contributed by atoms with Crippen molar-refractivity contribution in [3.63, 3.8) is 0 Å². The third kappa shape index (κ3) is 4.33. The molecule has 0 radical (unpaired) electrons. The van der Waals surface area contributed by atoms with Crippen molar-refractivity contribution in [2.45, 2.75) is 25.4 Å². The summed E-state index contributed by atoms with van der Waals surface area (Å²) in [6.07, 6.45) is 2.36. The fourth-order valence-electron chi connectivity index (χ4n) is 3.10. The summed E-state index contributed by atoms with van der Waals surface area (Å²) in [4.78, 5) is 13.3. The molecule has 1 saturated heterocycles. The highest BCUT2D eigenvalue weighted by Gasteiger charge is 2.19. The third-order valence-corrected chi connectivity index (χ3v) is 4.26. The molecule has 0 amide bonds. The Balaban J connectivity index is 1.57. The van der Waals surface area contributed by atoms with E-state index < -0.39 is 5.97 Å². The molecule has 23 heavy (non-hydrogen) atoms. The van der Waals surface area contributed by atoms with Crippen LogP contribution < -0.4 is 5.32 Å². The van der Waals surface area contributed by atoms with Crippen molar-refractivity contribution in [2.24, 2.45) is 0 Å². The molecule has 2 aromatic carbocycles. The minimum absolute atomic E-state index is 0.344. The van der Waals surface area contributed by atoms with Gasteiger partial charge in [0.1, 0.15) is 0 Å². The van der Waals surface area contributed by atoms with Crippen LogP contribution in [-0.4, -0.2) is 35.1 Å². The molecular formula is C19H22N2O2. The van der Waals surface area contributed by atoms with Gasteiger partial charge in [0.15, 0.2) is 0 Å². The first kappa shape index (κ1) is 15.6. The molecule has 0 aromatic heterocycles. The van der Waals surface area contributed by atoms with Gasteiger partial charge in [-0.05, 0) is 49.2 Å². The summed E-state index contributed by atoms with van der Waals surface area (Å²) < 4.78 is 0. The van der Waals surface area contributed by atoms with E-state index in [-0.39, 0.29) is 0 Å². The topological polar surface area (TPSA) is 52.6 Å². The van der Waals surface area contributed by atoms with Crippen LogP contribution in [0.2, 0.25) is 0 Å². The highest BCUT2D eigenvalue weighted by molar-refractivity contribution is 5.87. The molecular weight excluding hydrogens is 288 g/mol. The van der Waals surface area contributed by atoms with Gasteiger partial charge >= 0.3 is 5.97 Å². The van der Waals surface area contributed by atoms with Crippen molar-refractivity contribution >= 4 is 11.7 Å². The first-order valence-electron chi connectivity index (χ1n) is 8.07.